The van der Waals surface area contributed by atoms with Crippen LogP contribution in [0.3, 0.4) is 0 Å². The zero-order valence-corrected chi connectivity index (χ0v) is 17.5. The van der Waals surface area contributed by atoms with E-state index in [0.29, 0.717) is 0 Å². The van der Waals surface area contributed by atoms with Crippen LogP contribution in [0.2, 0.25) is 8.87 Å². The first kappa shape index (κ1) is 19.8. The van der Waals surface area contributed by atoms with Crippen molar-refractivity contribution in [2.45, 2.75) is 99.8 Å². The molecule has 0 atom stereocenters. The Kier molecular flexibility index (Phi) is 12.4. The topological polar surface area (TPSA) is 18.5 Å². The molecule has 0 aromatic carbocycles. The summed E-state index contributed by atoms with van der Waals surface area (Å²) in [6, 6.07) is 0. The van der Waals surface area contributed by atoms with Crippen LogP contribution in [0.25, 0.3) is 0 Å². The van der Waals surface area contributed by atoms with Gasteiger partial charge >= 0.3 is 138 Å². The van der Waals surface area contributed by atoms with Crippen LogP contribution in [0.15, 0.2) is 0 Å². The molecule has 3 heteroatoms. The van der Waals surface area contributed by atoms with Gasteiger partial charge in [-0.15, -0.1) is 0 Å². The van der Waals surface area contributed by atoms with Gasteiger partial charge in [-0.25, -0.2) is 0 Å². The summed E-state index contributed by atoms with van der Waals surface area (Å²) < 4.78 is 15.0. The van der Waals surface area contributed by atoms with Crippen molar-refractivity contribution >= 4 is 19.2 Å². The van der Waals surface area contributed by atoms with Crippen molar-refractivity contribution in [3.8, 4) is 0 Å². The van der Waals surface area contributed by atoms with E-state index in [4.69, 9.17) is 6.15 Å². The molecule has 0 aliphatic carbocycles. The van der Waals surface area contributed by atoms with Crippen LogP contribution in [-0.2, 0) is 6.15 Å². The van der Waals surface area contributed by atoms with Crippen LogP contribution < -0.4 is 0 Å². The first-order valence-electron chi connectivity index (χ1n) is 9.61. The van der Waals surface area contributed by atoms with E-state index in [0.717, 1.165) is 13.2 Å². The molecule has 0 amide bonds. The van der Waals surface area contributed by atoms with Crippen molar-refractivity contribution in [3.63, 3.8) is 0 Å². The fourth-order valence-corrected chi connectivity index (χ4v) is 13.0. The van der Waals surface area contributed by atoms with E-state index in [1.165, 1.54) is 85.9 Å². The molecule has 0 saturated carbocycles. The van der Waals surface area contributed by atoms with Crippen molar-refractivity contribution in [2.75, 3.05) is 13.2 Å². The molecule has 0 N–H and O–H groups in total. The number of rotatable bonds is 14. The van der Waals surface area contributed by atoms with Gasteiger partial charge in [0, 0.05) is 0 Å². The summed E-state index contributed by atoms with van der Waals surface area (Å²) in [5, 5.41) is 0. The SMILES string of the molecule is CCCCCCC[CH2][Sn]1([CH2]CCCCCCC)[O]CC[O]1. The van der Waals surface area contributed by atoms with Crippen LogP contribution in [0.5, 0.6) is 0 Å². The molecule has 1 aliphatic heterocycles. The summed E-state index contributed by atoms with van der Waals surface area (Å²) in [5.41, 5.74) is 0. The van der Waals surface area contributed by atoms with Crippen molar-refractivity contribution < 1.29 is 6.15 Å². The fourth-order valence-electron chi connectivity index (χ4n) is 3.26. The van der Waals surface area contributed by atoms with Gasteiger partial charge in [0.2, 0.25) is 0 Å². The Bertz CT molecular complexity index is 209. The molecule has 0 unspecified atom stereocenters. The van der Waals surface area contributed by atoms with Crippen LogP contribution in [-0.4, -0.2) is 32.4 Å². The minimum atomic E-state index is -2.57. The molecule has 0 aromatic rings. The molecular weight excluding hydrogens is 367 g/mol. The minimum absolute atomic E-state index is 0.891. The molecule has 0 bridgehead atoms. The van der Waals surface area contributed by atoms with Gasteiger partial charge in [0.25, 0.3) is 0 Å². The Labute approximate surface area is 138 Å². The van der Waals surface area contributed by atoms with Crippen LogP contribution in [0.1, 0.15) is 90.9 Å². The van der Waals surface area contributed by atoms with Gasteiger partial charge in [-0.2, -0.15) is 0 Å². The summed E-state index contributed by atoms with van der Waals surface area (Å²) in [6.07, 6.45) is 16.6. The maximum atomic E-state index is 6.18. The van der Waals surface area contributed by atoms with Gasteiger partial charge in [0.15, 0.2) is 0 Å². The summed E-state index contributed by atoms with van der Waals surface area (Å²) in [4.78, 5) is 0. The van der Waals surface area contributed by atoms with Crippen LogP contribution >= 0.6 is 0 Å². The van der Waals surface area contributed by atoms with Crippen molar-refractivity contribution in [1.29, 1.82) is 0 Å². The van der Waals surface area contributed by atoms with Gasteiger partial charge in [0.1, 0.15) is 0 Å². The first-order chi connectivity index (χ1) is 10.3. The van der Waals surface area contributed by atoms with E-state index < -0.39 is 19.2 Å². The Morgan fingerprint density at radius 1 is 0.571 bits per heavy atom. The van der Waals surface area contributed by atoms with E-state index in [-0.39, 0.29) is 0 Å². The zero-order valence-electron chi connectivity index (χ0n) is 14.6. The zero-order chi connectivity index (χ0) is 15.2. The van der Waals surface area contributed by atoms with E-state index in [2.05, 4.69) is 13.8 Å². The quantitative estimate of drug-likeness (QED) is 0.253. The Hall–Kier alpha value is 0.719. The van der Waals surface area contributed by atoms with Gasteiger partial charge in [-0.1, -0.05) is 0 Å². The Balaban J connectivity index is 2.09. The Morgan fingerprint density at radius 2 is 0.952 bits per heavy atom. The normalized spacial score (nSPS) is 17.4. The second kappa shape index (κ2) is 13.2. The molecule has 2 nitrogen and oxygen atoms in total. The molecule has 1 heterocycles. The molecule has 1 aliphatic rings. The summed E-state index contributed by atoms with van der Waals surface area (Å²) in [7, 11) is 0. The number of hydrogen-bond donors (Lipinski definition) is 0. The van der Waals surface area contributed by atoms with Gasteiger partial charge in [0.05, 0.1) is 0 Å². The van der Waals surface area contributed by atoms with E-state index in [1.54, 1.807) is 0 Å². The summed E-state index contributed by atoms with van der Waals surface area (Å²) in [6.45, 7) is 6.35. The van der Waals surface area contributed by atoms with Crippen molar-refractivity contribution in [2.24, 2.45) is 0 Å². The molecule has 1 fully saturated rings. The van der Waals surface area contributed by atoms with E-state index in [1.807, 2.05) is 0 Å². The molecule has 21 heavy (non-hydrogen) atoms. The Morgan fingerprint density at radius 3 is 1.38 bits per heavy atom. The molecule has 126 valence electrons. The summed E-state index contributed by atoms with van der Waals surface area (Å²) in [5.74, 6) is 0. The van der Waals surface area contributed by atoms with Crippen LogP contribution in [0.4, 0.5) is 0 Å². The molecular formula is C18H38O2Sn. The van der Waals surface area contributed by atoms with Gasteiger partial charge in [-0.3, -0.25) is 0 Å². The standard InChI is InChI=1S/2C8H17.C2H4O2.Sn/c2*1-3-5-7-8-6-4-2;3-1-2-4;/h2*1,3-8H2,2H3;1-2H2;/q;;-2;+2. The van der Waals surface area contributed by atoms with E-state index >= 15 is 0 Å². The van der Waals surface area contributed by atoms with Gasteiger partial charge in [-0.05, 0) is 0 Å². The fraction of sp³-hybridized carbons (Fsp3) is 1.00. The third kappa shape index (κ3) is 9.45. The number of hydrogen-bond acceptors (Lipinski definition) is 2. The molecule has 0 aromatic heterocycles. The monoisotopic (exact) mass is 406 g/mol. The van der Waals surface area contributed by atoms with Gasteiger partial charge < -0.3 is 0 Å². The second-order valence-corrected chi connectivity index (χ2v) is 16.3. The third-order valence-electron chi connectivity index (χ3n) is 4.64. The maximum absolute atomic E-state index is 6.18. The third-order valence-corrected chi connectivity index (χ3v) is 15.2. The predicted octanol–water partition coefficient (Wildman–Crippen LogP) is 6.20. The average Bonchev–Trinajstić information content (AvgIpc) is 2.96. The van der Waals surface area contributed by atoms with E-state index in [9.17, 15) is 0 Å². The molecule has 0 spiro atoms. The molecule has 1 rings (SSSR count). The molecule has 0 radical (unpaired) electrons. The average molecular weight is 405 g/mol. The summed E-state index contributed by atoms with van der Waals surface area (Å²) >= 11 is -2.57. The second-order valence-electron chi connectivity index (χ2n) is 6.64. The first-order valence-corrected chi connectivity index (χ1v) is 16.0. The van der Waals surface area contributed by atoms with Crippen molar-refractivity contribution in [1.82, 2.24) is 0 Å². The van der Waals surface area contributed by atoms with Crippen molar-refractivity contribution in [3.05, 3.63) is 0 Å². The predicted molar refractivity (Wildman–Crippen MR) is 94.0 cm³/mol. The number of unbranched alkanes of at least 4 members (excludes halogenated alkanes) is 10. The molecule has 1 saturated heterocycles. The van der Waals surface area contributed by atoms with Crippen LogP contribution in [0, 0.1) is 0 Å².